The first-order valence-electron chi connectivity index (χ1n) is 10.1. The number of amides is 1. The zero-order chi connectivity index (χ0) is 24.0. The Labute approximate surface area is 198 Å². The van der Waals surface area contributed by atoms with Crippen molar-refractivity contribution in [1.29, 1.82) is 0 Å². The summed E-state index contributed by atoms with van der Waals surface area (Å²) in [6.45, 7) is 3.69. The van der Waals surface area contributed by atoms with Crippen LogP contribution in [-0.2, 0) is 14.8 Å². The molecule has 0 aliphatic rings. The molecule has 1 atom stereocenters. The van der Waals surface area contributed by atoms with Crippen LogP contribution in [0, 0.1) is 6.92 Å². The third kappa shape index (κ3) is 6.43. The van der Waals surface area contributed by atoms with Crippen LogP contribution in [0.1, 0.15) is 12.5 Å². The van der Waals surface area contributed by atoms with E-state index in [4.69, 9.17) is 9.47 Å². The highest BCUT2D eigenvalue weighted by Crippen LogP contribution is 2.31. The van der Waals surface area contributed by atoms with Crippen molar-refractivity contribution >= 4 is 39.1 Å². The molecule has 7 nitrogen and oxygen atoms in total. The molecular formula is C24H26N2O5S2. The van der Waals surface area contributed by atoms with Crippen LogP contribution < -0.4 is 19.5 Å². The Balaban J connectivity index is 1.62. The predicted molar refractivity (Wildman–Crippen MR) is 132 cm³/mol. The fraction of sp³-hybridized carbons (Fsp3) is 0.208. The van der Waals surface area contributed by atoms with Gasteiger partial charge in [0.15, 0.2) is 0 Å². The molecule has 0 saturated heterocycles. The van der Waals surface area contributed by atoms with Crippen molar-refractivity contribution in [2.24, 2.45) is 0 Å². The molecule has 33 heavy (non-hydrogen) atoms. The Bertz CT molecular complexity index is 1210. The van der Waals surface area contributed by atoms with Crippen molar-refractivity contribution in [2.45, 2.75) is 28.9 Å². The van der Waals surface area contributed by atoms with Gasteiger partial charge in [-0.3, -0.25) is 9.52 Å². The number of aryl methyl sites for hydroxylation is 1. The highest BCUT2D eigenvalue weighted by molar-refractivity contribution is 8.00. The molecule has 9 heteroatoms. The Morgan fingerprint density at radius 1 is 0.939 bits per heavy atom. The maximum atomic E-state index is 12.7. The minimum absolute atomic E-state index is 0.187. The number of thioether (sulfide) groups is 1. The van der Waals surface area contributed by atoms with E-state index in [0.717, 1.165) is 10.5 Å². The van der Waals surface area contributed by atoms with Gasteiger partial charge in [0.2, 0.25) is 5.91 Å². The molecule has 2 N–H and O–H groups in total. The van der Waals surface area contributed by atoms with Crippen LogP contribution in [0.3, 0.4) is 0 Å². The number of sulfonamides is 1. The molecule has 0 fully saturated rings. The van der Waals surface area contributed by atoms with Gasteiger partial charge in [0.05, 0.1) is 30.1 Å². The number of carbonyl (C=O) groups is 1. The van der Waals surface area contributed by atoms with Gasteiger partial charge in [-0.25, -0.2) is 8.42 Å². The minimum atomic E-state index is -3.67. The van der Waals surface area contributed by atoms with Gasteiger partial charge in [0.25, 0.3) is 10.0 Å². The standard InChI is InChI=1S/C24H26N2O5S2/c1-16-5-12-21(13-6-16)33(28,29)26-18-7-10-20(11-8-18)32-17(2)24(27)25-22-14-9-19(30-3)15-23(22)31-4/h5-15,17,26H,1-4H3,(H,25,27). The summed E-state index contributed by atoms with van der Waals surface area (Å²) in [7, 11) is -0.582. The van der Waals surface area contributed by atoms with Gasteiger partial charge in [-0.05, 0) is 62.4 Å². The minimum Gasteiger partial charge on any atom is -0.497 e. The van der Waals surface area contributed by atoms with E-state index >= 15 is 0 Å². The highest BCUT2D eigenvalue weighted by Gasteiger charge is 2.18. The molecular weight excluding hydrogens is 460 g/mol. The van der Waals surface area contributed by atoms with E-state index in [0.29, 0.717) is 22.9 Å². The number of hydrogen-bond donors (Lipinski definition) is 2. The maximum absolute atomic E-state index is 12.7. The fourth-order valence-corrected chi connectivity index (χ4v) is 4.85. The lowest BCUT2D eigenvalue weighted by molar-refractivity contribution is -0.115. The number of anilines is 2. The number of methoxy groups -OCH3 is 2. The van der Waals surface area contributed by atoms with Crippen LogP contribution in [0.5, 0.6) is 11.5 Å². The van der Waals surface area contributed by atoms with E-state index < -0.39 is 15.3 Å². The summed E-state index contributed by atoms with van der Waals surface area (Å²) < 4.78 is 38.2. The zero-order valence-corrected chi connectivity index (χ0v) is 20.4. The molecule has 1 amide bonds. The van der Waals surface area contributed by atoms with E-state index in [2.05, 4.69) is 10.0 Å². The summed E-state index contributed by atoms with van der Waals surface area (Å²) >= 11 is 1.36. The van der Waals surface area contributed by atoms with Crippen molar-refractivity contribution in [1.82, 2.24) is 0 Å². The molecule has 0 heterocycles. The number of carbonyl (C=O) groups excluding carboxylic acids is 1. The second kappa shape index (κ2) is 10.6. The summed E-state index contributed by atoms with van der Waals surface area (Å²) in [6.07, 6.45) is 0. The van der Waals surface area contributed by atoms with Gasteiger partial charge in [0, 0.05) is 16.6 Å². The molecule has 0 aliphatic heterocycles. The van der Waals surface area contributed by atoms with Crippen LogP contribution in [-0.4, -0.2) is 33.8 Å². The van der Waals surface area contributed by atoms with E-state index in [1.807, 2.05) is 6.92 Å². The normalized spacial score (nSPS) is 12.0. The number of nitrogens with one attached hydrogen (secondary N) is 2. The maximum Gasteiger partial charge on any atom is 0.261 e. The second-order valence-electron chi connectivity index (χ2n) is 7.26. The lowest BCUT2D eigenvalue weighted by Gasteiger charge is -2.15. The topological polar surface area (TPSA) is 93.7 Å². The summed E-state index contributed by atoms with van der Waals surface area (Å²) in [5.41, 5.74) is 1.98. The van der Waals surface area contributed by atoms with Gasteiger partial charge < -0.3 is 14.8 Å². The van der Waals surface area contributed by atoms with Crippen molar-refractivity contribution in [3.8, 4) is 11.5 Å². The van der Waals surface area contributed by atoms with Crippen LogP contribution >= 0.6 is 11.8 Å². The van der Waals surface area contributed by atoms with Crippen molar-refractivity contribution in [2.75, 3.05) is 24.3 Å². The van der Waals surface area contributed by atoms with Gasteiger partial charge in [0.1, 0.15) is 11.5 Å². The van der Waals surface area contributed by atoms with Gasteiger partial charge in [-0.15, -0.1) is 11.8 Å². The molecule has 0 aliphatic carbocycles. The summed E-state index contributed by atoms with van der Waals surface area (Å²) in [5, 5.41) is 2.47. The van der Waals surface area contributed by atoms with Gasteiger partial charge >= 0.3 is 0 Å². The third-order valence-electron chi connectivity index (χ3n) is 4.79. The van der Waals surface area contributed by atoms with Crippen LogP contribution in [0.15, 0.2) is 76.5 Å². The lowest BCUT2D eigenvalue weighted by Crippen LogP contribution is -2.22. The van der Waals surface area contributed by atoms with Gasteiger partial charge in [-0.1, -0.05) is 17.7 Å². The zero-order valence-electron chi connectivity index (χ0n) is 18.8. The molecule has 3 aromatic carbocycles. The molecule has 3 aromatic rings. The molecule has 1 unspecified atom stereocenters. The monoisotopic (exact) mass is 486 g/mol. The number of benzene rings is 3. The first-order valence-corrected chi connectivity index (χ1v) is 12.5. The lowest BCUT2D eigenvalue weighted by atomic mass is 10.2. The predicted octanol–water partition coefficient (Wildman–Crippen LogP) is 4.93. The summed E-state index contributed by atoms with van der Waals surface area (Å²) in [5.74, 6) is 0.947. The van der Waals surface area contributed by atoms with E-state index in [-0.39, 0.29) is 10.8 Å². The Kier molecular flexibility index (Phi) is 7.88. The fourth-order valence-electron chi connectivity index (χ4n) is 2.93. The van der Waals surface area contributed by atoms with Crippen molar-refractivity contribution in [3.05, 3.63) is 72.3 Å². The molecule has 174 valence electrons. The van der Waals surface area contributed by atoms with Crippen LogP contribution in [0.4, 0.5) is 11.4 Å². The SMILES string of the molecule is COc1ccc(NC(=O)C(C)Sc2ccc(NS(=O)(=O)c3ccc(C)cc3)cc2)c(OC)c1. The molecule has 0 radical (unpaired) electrons. The average molecular weight is 487 g/mol. The Morgan fingerprint density at radius 2 is 1.61 bits per heavy atom. The Hall–Kier alpha value is -3.17. The molecule has 0 bridgehead atoms. The van der Waals surface area contributed by atoms with Crippen LogP contribution in [0.2, 0.25) is 0 Å². The molecule has 3 rings (SSSR count). The molecule has 0 aromatic heterocycles. The number of rotatable bonds is 9. The average Bonchev–Trinajstić information content (AvgIpc) is 2.80. The first kappa shape index (κ1) is 24.5. The van der Waals surface area contributed by atoms with Gasteiger partial charge in [-0.2, -0.15) is 0 Å². The quantitative estimate of drug-likeness (QED) is 0.417. The largest absolute Gasteiger partial charge is 0.497 e. The van der Waals surface area contributed by atoms with E-state index in [9.17, 15) is 13.2 Å². The van der Waals surface area contributed by atoms with E-state index in [1.54, 1.807) is 80.8 Å². The molecule has 0 spiro atoms. The summed E-state index contributed by atoms with van der Waals surface area (Å²) in [6, 6.07) is 18.7. The number of ether oxygens (including phenoxy) is 2. The summed E-state index contributed by atoms with van der Waals surface area (Å²) in [4.78, 5) is 13.7. The first-order chi connectivity index (χ1) is 15.7. The second-order valence-corrected chi connectivity index (χ2v) is 10.4. The Morgan fingerprint density at radius 3 is 2.21 bits per heavy atom. The van der Waals surface area contributed by atoms with Crippen molar-refractivity contribution in [3.63, 3.8) is 0 Å². The van der Waals surface area contributed by atoms with Crippen LogP contribution in [0.25, 0.3) is 0 Å². The third-order valence-corrected chi connectivity index (χ3v) is 7.30. The smallest absolute Gasteiger partial charge is 0.261 e. The van der Waals surface area contributed by atoms with E-state index in [1.165, 1.54) is 18.9 Å². The van der Waals surface area contributed by atoms with Crippen molar-refractivity contribution < 1.29 is 22.7 Å². The molecule has 0 saturated carbocycles. The number of hydrogen-bond acceptors (Lipinski definition) is 6. The highest BCUT2D eigenvalue weighted by atomic mass is 32.2.